The monoisotopic (exact) mass is 201 g/mol. The number of alkyl halides is 1. The minimum Gasteiger partial charge on any atom is -0.310 e. The van der Waals surface area contributed by atoms with Gasteiger partial charge < -0.3 is 5.32 Å². The van der Waals surface area contributed by atoms with Crippen molar-refractivity contribution in [2.24, 2.45) is 0 Å². The number of hydrogen-bond acceptors (Lipinski definition) is 1. The van der Waals surface area contributed by atoms with Gasteiger partial charge in [0, 0.05) is 19.5 Å². The van der Waals surface area contributed by atoms with E-state index in [4.69, 9.17) is 0 Å². The molecule has 1 aromatic carbocycles. The highest BCUT2D eigenvalue weighted by atomic mass is 19.2. The molecule has 1 aliphatic heterocycles. The summed E-state index contributed by atoms with van der Waals surface area (Å²) in [6.45, 7) is 0.423. The van der Waals surface area contributed by atoms with Gasteiger partial charge in [-0.1, -0.05) is 12.1 Å². The van der Waals surface area contributed by atoms with Crippen LogP contribution < -0.4 is 5.32 Å². The van der Waals surface area contributed by atoms with E-state index in [0.717, 1.165) is 6.07 Å². The highest BCUT2D eigenvalue weighted by molar-refractivity contribution is 5.22. The van der Waals surface area contributed by atoms with E-state index in [0.29, 0.717) is 0 Å². The molecule has 76 valence electrons. The quantitative estimate of drug-likeness (QED) is 0.769. The summed E-state index contributed by atoms with van der Waals surface area (Å²) in [7, 11) is 0. The maximum absolute atomic E-state index is 13.6. The van der Waals surface area contributed by atoms with E-state index in [1.165, 1.54) is 12.1 Å². The van der Waals surface area contributed by atoms with Crippen molar-refractivity contribution in [1.29, 1.82) is 0 Å². The lowest BCUT2D eigenvalue weighted by atomic mass is 9.91. The molecule has 0 saturated carbocycles. The standard InChI is InChI=1S/C10H10F3N/c11-8-3-1-2-7(9(8)12)4-10(13)5-14-6-10/h1-3,14H,4-6H2. The third-order valence-corrected chi connectivity index (χ3v) is 2.42. The minimum atomic E-state index is -1.41. The smallest absolute Gasteiger partial charge is 0.162 e. The Morgan fingerprint density at radius 1 is 1.29 bits per heavy atom. The third kappa shape index (κ3) is 1.62. The molecule has 14 heavy (non-hydrogen) atoms. The number of nitrogens with one attached hydrogen (secondary N) is 1. The first-order valence-corrected chi connectivity index (χ1v) is 4.43. The largest absolute Gasteiger partial charge is 0.310 e. The molecule has 1 aromatic rings. The van der Waals surface area contributed by atoms with E-state index >= 15 is 0 Å². The number of benzene rings is 1. The fourth-order valence-corrected chi connectivity index (χ4v) is 1.55. The molecule has 1 N–H and O–H groups in total. The van der Waals surface area contributed by atoms with Crippen LogP contribution in [-0.2, 0) is 6.42 Å². The van der Waals surface area contributed by atoms with Gasteiger partial charge in [0.2, 0.25) is 0 Å². The van der Waals surface area contributed by atoms with Gasteiger partial charge in [-0.15, -0.1) is 0 Å². The molecule has 1 heterocycles. The van der Waals surface area contributed by atoms with Crippen LogP contribution in [0.15, 0.2) is 18.2 Å². The van der Waals surface area contributed by atoms with E-state index in [2.05, 4.69) is 5.32 Å². The normalized spacial score (nSPS) is 19.1. The van der Waals surface area contributed by atoms with Gasteiger partial charge in [-0.25, -0.2) is 13.2 Å². The molecule has 0 aliphatic carbocycles. The van der Waals surface area contributed by atoms with Gasteiger partial charge in [0.25, 0.3) is 0 Å². The highest BCUT2D eigenvalue weighted by Gasteiger charge is 2.37. The van der Waals surface area contributed by atoms with E-state index < -0.39 is 17.3 Å². The average Bonchev–Trinajstić information content (AvgIpc) is 2.10. The highest BCUT2D eigenvalue weighted by Crippen LogP contribution is 2.24. The molecule has 1 saturated heterocycles. The Balaban J connectivity index is 2.20. The van der Waals surface area contributed by atoms with Gasteiger partial charge in [-0.2, -0.15) is 0 Å². The SMILES string of the molecule is Fc1cccc(CC2(F)CNC2)c1F. The van der Waals surface area contributed by atoms with E-state index in [-0.39, 0.29) is 25.1 Å². The Bertz CT molecular complexity index is 347. The van der Waals surface area contributed by atoms with Crippen molar-refractivity contribution in [3.05, 3.63) is 35.4 Å². The van der Waals surface area contributed by atoms with Gasteiger partial charge in [0.15, 0.2) is 11.6 Å². The lowest BCUT2D eigenvalue weighted by Crippen LogP contribution is -2.57. The van der Waals surface area contributed by atoms with Crippen LogP contribution >= 0.6 is 0 Å². The average molecular weight is 201 g/mol. The number of hydrogen-bond donors (Lipinski definition) is 1. The van der Waals surface area contributed by atoms with Crippen molar-refractivity contribution in [2.75, 3.05) is 13.1 Å². The Morgan fingerprint density at radius 3 is 2.57 bits per heavy atom. The van der Waals surface area contributed by atoms with Crippen LogP contribution in [0.2, 0.25) is 0 Å². The van der Waals surface area contributed by atoms with E-state index in [1.54, 1.807) is 0 Å². The van der Waals surface area contributed by atoms with Gasteiger partial charge in [-0.05, 0) is 11.6 Å². The molecule has 2 rings (SSSR count). The topological polar surface area (TPSA) is 12.0 Å². The van der Waals surface area contributed by atoms with Crippen molar-refractivity contribution in [3.8, 4) is 0 Å². The Hall–Kier alpha value is -1.03. The molecular formula is C10H10F3N. The summed E-state index contributed by atoms with van der Waals surface area (Å²) < 4.78 is 39.4. The van der Waals surface area contributed by atoms with E-state index in [1.807, 2.05) is 0 Å². The van der Waals surface area contributed by atoms with Crippen molar-refractivity contribution in [1.82, 2.24) is 5.32 Å². The van der Waals surface area contributed by atoms with Crippen LogP contribution in [0.1, 0.15) is 5.56 Å². The zero-order chi connectivity index (χ0) is 10.2. The predicted molar refractivity (Wildman–Crippen MR) is 46.8 cm³/mol. The second-order valence-corrected chi connectivity index (χ2v) is 3.64. The first-order chi connectivity index (χ1) is 6.61. The van der Waals surface area contributed by atoms with Crippen molar-refractivity contribution in [3.63, 3.8) is 0 Å². The van der Waals surface area contributed by atoms with Gasteiger partial charge in [0.05, 0.1) is 0 Å². The Kier molecular flexibility index (Phi) is 2.23. The molecule has 1 fully saturated rings. The molecule has 0 spiro atoms. The zero-order valence-corrected chi connectivity index (χ0v) is 7.49. The summed E-state index contributed by atoms with van der Waals surface area (Å²) in [4.78, 5) is 0. The summed E-state index contributed by atoms with van der Waals surface area (Å²) in [5.41, 5.74) is -1.30. The molecule has 0 radical (unpaired) electrons. The molecule has 0 amide bonds. The second-order valence-electron chi connectivity index (χ2n) is 3.64. The van der Waals surface area contributed by atoms with Crippen LogP contribution in [0.3, 0.4) is 0 Å². The maximum atomic E-state index is 13.6. The zero-order valence-electron chi connectivity index (χ0n) is 7.49. The molecule has 1 nitrogen and oxygen atoms in total. The van der Waals surface area contributed by atoms with Crippen LogP contribution in [0.5, 0.6) is 0 Å². The van der Waals surface area contributed by atoms with Crippen molar-refractivity contribution in [2.45, 2.75) is 12.1 Å². The van der Waals surface area contributed by atoms with Crippen molar-refractivity contribution < 1.29 is 13.2 Å². The van der Waals surface area contributed by atoms with Gasteiger partial charge in [0.1, 0.15) is 5.67 Å². The van der Waals surface area contributed by atoms with Crippen molar-refractivity contribution >= 4 is 0 Å². The first-order valence-electron chi connectivity index (χ1n) is 4.43. The lowest BCUT2D eigenvalue weighted by Gasteiger charge is -2.35. The number of halogens is 3. The Morgan fingerprint density at radius 2 is 2.00 bits per heavy atom. The summed E-state index contributed by atoms with van der Waals surface area (Å²) in [5.74, 6) is -1.85. The van der Waals surface area contributed by atoms with E-state index in [9.17, 15) is 13.2 Å². The molecule has 0 bridgehead atoms. The first kappa shape index (κ1) is 9.52. The van der Waals surface area contributed by atoms with Gasteiger partial charge >= 0.3 is 0 Å². The lowest BCUT2D eigenvalue weighted by molar-refractivity contribution is 0.0899. The molecule has 4 heteroatoms. The summed E-state index contributed by atoms with van der Waals surface area (Å²) >= 11 is 0. The molecule has 0 aromatic heterocycles. The summed E-state index contributed by atoms with van der Waals surface area (Å²) in [5, 5.41) is 2.76. The summed E-state index contributed by atoms with van der Waals surface area (Å²) in [6.07, 6.45) is -0.0659. The summed E-state index contributed by atoms with van der Waals surface area (Å²) in [6, 6.07) is 3.84. The third-order valence-electron chi connectivity index (χ3n) is 2.42. The number of rotatable bonds is 2. The van der Waals surface area contributed by atoms with Crippen LogP contribution in [-0.4, -0.2) is 18.8 Å². The molecule has 1 aliphatic rings. The van der Waals surface area contributed by atoms with Gasteiger partial charge in [-0.3, -0.25) is 0 Å². The van der Waals surface area contributed by atoms with Crippen LogP contribution in [0.25, 0.3) is 0 Å². The fraction of sp³-hybridized carbons (Fsp3) is 0.400. The molecule has 0 atom stereocenters. The Labute approximate surface area is 79.9 Å². The molecule has 0 unspecified atom stereocenters. The van der Waals surface area contributed by atoms with Crippen LogP contribution in [0, 0.1) is 11.6 Å². The second kappa shape index (κ2) is 3.28. The fourth-order valence-electron chi connectivity index (χ4n) is 1.55. The minimum absolute atomic E-state index is 0.0659. The maximum Gasteiger partial charge on any atom is 0.162 e. The predicted octanol–water partition coefficient (Wildman–Crippen LogP) is 1.82. The molecular weight excluding hydrogens is 191 g/mol. The van der Waals surface area contributed by atoms with Crippen LogP contribution in [0.4, 0.5) is 13.2 Å².